The van der Waals surface area contributed by atoms with Crippen LogP contribution in [0.25, 0.3) is 11.4 Å². The van der Waals surface area contributed by atoms with Gasteiger partial charge in [0.25, 0.3) is 0 Å². The molecule has 0 amide bonds. The van der Waals surface area contributed by atoms with Crippen LogP contribution >= 0.6 is 0 Å². The molecule has 0 fully saturated rings. The summed E-state index contributed by atoms with van der Waals surface area (Å²) in [6.45, 7) is 1.81. The number of hydrogen-bond acceptors (Lipinski definition) is 4. The highest BCUT2D eigenvalue weighted by molar-refractivity contribution is 5.62. The van der Waals surface area contributed by atoms with Crippen LogP contribution in [0.15, 0.2) is 24.3 Å². The molecule has 0 aliphatic carbocycles. The van der Waals surface area contributed by atoms with Gasteiger partial charge in [0.2, 0.25) is 0 Å². The maximum atomic E-state index is 9.59. The van der Waals surface area contributed by atoms with Gasteiger partial charge in [0.1, 0.15) is 11.6 Å². The van der Waals surface area contributed by atoms with Gasteiger partial charge >= 0.3 is 0 Å². The summed E-state index contributed by atoms with van der Waals surface area (Å²) in [5.41, 5.74) is 6.24. The Morgan fingerprint density at radius 2 is 2.13 bits per heavy atom. The van der Waals surface area contributed by atoms with Crippen molar-refractivity contribution < 1.29 is 5.11 Å². The van der Waals surface area contributed by atoms with Gasteiger partial charge in [0, 0.05) is 0 Å². The Hall–Kier alpha value is -1.88. The number of phenols is 1. The summed E-state index contributed by atoms with van der Waals surface area (Å²) in [6.07, 6.45) is 0. The van der Waals surface area contributed by atoms with Gasteiger partial charge in [-0.05, 0) is 19.1 Å². The second-order valence-electron chi connectivity index (χ2n) is 3.35. The smallest absolute Gasteiger partial charge is 0.184 e. The van der Waals surface area contributed by atoms with Crippen LogP contribution in [0.1, 0.15) is 18.8 Å². The fourth-order valence-electron chi connectivity index (χ4n) is 1.26. The quantitative estimate of drug-likeness (QED) is 0.685. The fourth-order valence-corrected chi connectivity index (χ4v) is 1.26. The molecule has 2 rings (SSSR count). The maximum absolute atomic E-state index is 9.59. The molecule has 5 nitrogen and oxygen atoms in total. The van der Waals surface area contributed by atoms with E-state index >= 15 is 0 Å². The van der Waals surface area contributed by atoms with E-state index in [-0.39, 0.29) is 11.8 Å². The molecule has 0 radical (unpaired) electrons. The lowest BCUT2D eigenvalue weighted by Gasteiger charge is -1.98. The van der Waals surface area contributed by atoms with Crippen LogP contribution in [0.4, 0.5) is 0 Å². The Balaban J connectivity index is 2.42. The van der Waals surface area contributed by atoms with Crippen molar-refractivity contribution in [2.24, 2.45) is 5.73 Å². The van der Waals surface area contributed by atoms with Gasteiger partial charge in [-0.1, -0.05) is 12.1 Å². The zero-order valence-electron chi connectivity index (χ0n) is 8.31. The Labute approximate surface area is 87.0 Å². The van der Waals surface area contributed by atoms with E-state index < -0.39 is 0 Å². The van der Waals surface area contributed by atoms with Gasteiger partial charge in [-0.2, -0.15) is 5.10 Å². The summed E-state index contributed by atoms with van der Waals surface area (Å²) >= 11 is 0. The second-order valence-corrected chi connectivity index (χ2v) is 3.35. The second kappa shape index (κ2) is 3.70. The average Bonchev–Trinajstić information content (AvgIpc) is 2.67. The highest BCUT2D eigenvalue weighted by Gasteiger charge is 2.11. The normalized spacial score (nSPS) is 12.7. The monoisotopic (exact) mass is 204 g/mol. The van der Waals surface area contributed by atoms with Crippen LogP contribution in [0.3, 0.4) is 0 Å². The van der Waals surface area contributed by atoms with Crippen LogP contribution in [0.2, 0.25) is 0 Å². The summed E-state index contributed by atoms with van der Waals surface area (Å²) < 4.78 is 0. The van der Waals surface area contributed by atoms with Crippen molar-refractivity contribution in [3.8, 4) is 17.1 Å². The lowest BCUT2D eigenvalue weighted by atomic mass is 10.2. The molecule has 0 unspecified atom stereocenters. The number of phenolic OH excluding ortho intramolecular Hbond substituents is 1. The molecule has 0 spiro atoms. The van der Waals surface area contributed by atoms with Crippen LogP contribution in [-0.2, 0) is 0 Å². The summed E-state index contributed by atoms with van der Waals surface area (Å²) in [4.78, 5) is 4.19. The van der Waals surface area contributed by atoms with Crippen molar-refractivity contribution in [2.75, 3.05) is 0 Å². The Kier molecular flexibility index (Phi) is 2.39. The summed E-state index contributed by atoms with van der Waals surface area (Å²) in [6, 6.07) is 6.72. The lowest BCUT2D eigenvalue weighted by molar-refractivity contribution is 0.477. The summed E-state index contributed by atoms with van der Waals surface area (Å²) in [7, 11) is 0. The largest absolute Gasteiger partial charge is 0.507 e. The number of rotatable bonds is 2. The topological polar surface area (TPSA) is 87.8 Å². The third kappa shape index (κ3) is 1.82. The number of H-pyrrole nitrogens is 1. The van der Waals surface area contributed by atoms with Crippen LogP contribution < -0.4 is 5.73 Å². The van der Waals surface area contributed by atoms with Gasteiger partial charge in [-0.25, -0.2) is 4.98 Å². The molecule has 0 saturated heterocycles. The third-order valence-corrected chi connectivity index (χ3v) is 2.08. The number of benzene rings is 1. The molecule has 1 atom stereocenters. The lowest BCUT2D eigenvalue weighted by Crippen LogP contribution is -2.06. The first-order chi connectivity index (χ1) is 7.18. The van der Waals surface area contributed by atoms with E-state index in [1.54, 1.807) is 18.2 Å². The van der Waals surface area contributed by atoms with Crippen molar-refractivity contribution >= 4 is 0 Å². The first kappa shape index (κ1) is 9.67. The molecule has 1 aromatic carbocycles. The Bertz CT molecular complexity index is 464. The van der Waals surface area contributed by atoms with E-state index in [0.29, 0.717) is 17.2 Å². The van der Waals surface area contributed by atoms with E-state index in [2.05, 4.69) is 15.2 Å². The molecule has 15 heavy (non-hydrogen) atoms. The maximum Gasteiger partial charge on any atom is 0.184 e. The third-order valence-electron chi connectivity index (χ3n) is 2.08. The number of aromatic amines is 1. The molecule has 78 valence electrons. The highest BCUT2D eigenvalue weighted by Crippen LogP contribution is 2.25. The molecule has 0 saturated carbocycles. The van der Waals surface area contributed by atoms with E-state index in [4.69, 9.17) is 5.73 Å². The molecule has 4 N–H and O–H groups in total. The molecule has 5 heteroatoms. The zero-order chi connectivity index (χ0) is 10.8. The fraction of sp³-hybridized carbons (Fsp3) is 0.200. The first-order valence-corrected chi connectivity index (χ1v) is 4.64. The standard InChI is InChI=1S/C10H12N4O/c1-6(11)9-12-10(14-13-9)7-4-2-3-5-8(7)15/h2-6,15H,11H2,1H3,(H,12,13,14)/t6-/m1/s1. The van der Waals surface area contributed by atoms with E-state index in [0.717, 1.165) is 0 Å². The molecule has 0 aliphatic heterocycles. The van der Waals surface area contributed by atoms with E-state index in [1.807, 2.05) is 13.0 Å². The molecule has 1 heterocycles. The van der Waals surface area contributed by atoms with Crippen molar-refractivity contribution in [1.29, 1.82) is 0 Å². The minimum Gasteiger partial charge on any atom is -0.507 e. The minimum absolute atomic E-state index is 0.160. The number of nitrogens with two attached hydrogens (primary N) is 1. The molecule has 0 aliphatic rings. The molecular formula is C10H12N4O. The van der Waals surface area contributed by atoms with Crippen molar-refractivity contribution in [2.45, 2.75) is 13.0 Å². The first-order valence-electron chi connectivity index (χ1n) is 4.64. The van der Waals surface area contributed by atoms with Gasteiger partial charge < -0.3 is 10.8 Å². The minimum atomic E-state index is -0.197. The predicted molar refractivity (Wildman–Crippen MR) is 56.1 cm³/mol. The molecular weight excluding hydrogens is 192 g/mol. The van der Waals surface area contributed by atoms with Gasteiger partial charge in [-0.3, -0.25) is 5.10 Å². The van der Waals surface area contributed by atoms with E-state index in [9.17, 15) is 5.11 Å². The highest BCUT2D eigenvalue weighted by atomic mass is 16.3. The SMILES string of the molecule is C[C@@H](N)c1nc(-c2ccccc2O)n[nH]1. The number of nitrogens with one attached hydrogen (secondary N) is 1. The molecule has 0 bridgehead atoms. The van der Waals surface area contributed by atoms with Gasteiger partial charge in [0.15, 0.2) is 5.82 Å². The zero-order valence-corrected chi connectivity index (χ0v) is 8.31. The van der Waals surface area contributed by atoms with Crippen LogP contribution in [0, 0.1) is 0 Å². The Morgan fingerprint density at radius 1 is 1.40 bits per heavy atom. The van der Waals surface area contributed by atoms with Crippen molar-refractivity contribution in [3.63, 3.8) is 0 Å². The number of aromatic nitrogens is 3. The van der Waals surface area contributed by atoms with Gasteiger partial charge in [0.05, 0.1) is 11.6 Å². The molecule has 2 aromatic rings. The van der Waals surface area contributed by atoms with Crippen LogP contribution in [-0.4, -0.2) is 20.3 Å². The molecule has 1 aromatic heterocycles. The van der Waals surface area contributed by atoms with E-state index in [1.165, 1.54) is 0 Å². The van der Waals surface area contributed by atoms with Crippen molar-refractivity contribution in [3.05, 3.63) is 30.1 Å². The Morgan fingerprint density at radius 3 is 2.73 bits per heavy atom. The van der Waals surface area contributed by atoms with Crippen LogP contribution in [0.5, 0.6) is 5.75 Å². The average molecular weight is 204 g/mol. The number of hydrogen-bond donors (Lipinski definition) is 3. The van der Waals surface area contributed by atoms with Gasteiger partial charge in [-0.15, -0.1) is 0 Å². The number of para-hydroxylation sites is 1. The number of nitrogens with zero attached hydrogens (tertiary/aromatic N) is 2. The van der Waals surface area contributed by atoms with Crippen molar-refractivity contribution in [1.82, 2.24) is 15.2 Å². The number of aromatic hydroxyl groups is 1. The summed E-state index contributed by atoms with van der Waals surface area (Å²) in [5.74, 6) is 1.22. The summed E-state index contributed by atoms with van der Waals surface area (Å²) in [5, 5.41) is 16.3. The predicted octanol–water partition coefficient (Wildman–Crippen LogP) is 1.20.